The molecule has 1 saturated heterocycles. The Kier molecular flexibility index (Phi) is 5.98. The predicted octanol–water partition coefficient (Wildman–Crippen LogP) is 4.00. The highest BCUT2D eigenvalue weighted by Gasteiger charge is 2.30. The summed E-state index contributed by atoms with van der Waals surface area (Å²) in [5, 5.41) is -0.297. The molecule has 2 aliphatic rings. The molecule has 0 radical (unpaired) electrons. The number of fused-ring (bicyclic) bond motifs is 1. The number of nitrogens with zero attached hydrogens (tertiary/aromatic N) is 1. The summed E-state index contributed by atoms with van der Waals surface area (Å²) in [7, 11) is -3.74. The first-order valence-corrected chi connectivity index (χ1v) is 11.9. The molecular formula is C20H21F2NO4S2. The topological polar surface area (TPSA) is 55.8 Å². The van der Waals surface area contributed by atoms with Crippen LogP contribution in [0.15, 0.2) is 41.3 Å². The standard InChI is InChI=1S/C20H21F2NO4S2/c21-14-2-4-17(22)16(12-14)20-6-7-23(8-11-28-20)29(24,25)15-3-5-18-19(13-15)27-10-1-9-26-18/h2-5,12-13,20H,1,6-11H2/t20-/m1/s1. The van der Waals surface area contributed by atoms with Crippen LogP contribution in [0.4, 0.5) is 8.78 Å². The van der Waals surface area contributed by atoms with E-state index in [9.17, 15) is 17.2 Å². The van der Waals surface area contributed by atoms with E-state index in [4.69, 9.17) is 9.47 Å². The van der Waals surface area contributed by atoms with Crippen LogP contribution in [-0.4, -0.2) is 44.8 Å². The SMILES string of the molecule is O=S(=O)(c1ccc2c(c1)OCCCO2)N1CCS[C@@H](c2cc(F)ccc2F)CC1. The van der Waals surface area contributed by atoms with Crippen molar-refractivity contribution in [2.45, 2.75) is 23.0 Å². The molecule has 5 nitrogen and oxygen atoms in total. The van der Waals surface area contributed by atoms with Crippen LogP contribution in [-0.2, 0) is 10.0 Å². The maximum atomic E-state index is 14.1. The quantitative estimate of drug-likeness (QED) is 0.721. The molecule has 1 fully saturated rings. The zero-order valence-corrected chi connectivity index (χ0v) is 17.3. The second-order valence-corrected chi connectivity index (χ2v) is 10.1. The Labute approximate surface area is 173 Å². The maximum absolute atomic E-state index is 14.1. The monoisotopic (exact) mass is 441 g/mol. The molecule has 2 heterocycles. The van der Waals surface area contributed by atoms with Gasteiger partial charge >= 0.3 is 0 Å². The van der Waals surface area contributed by atoms with E-state index in [-0.39, 0.29) is 22.3 Å². The van der Waals surface area contributed by atoms with E-state index < -0.39 is 21.7 Å². The fourth-order valence-electron chi connectivity index (χ4n) is 3.45. The van der Waals surface area contributed by atoms with Gasteiger partial charge in [0.2, 0.25) is 10.0 Å². The highest BCUT2D eigenvalue weighted by Crippen LogP contribution is 2.38. The van der Waals surface area contributed by atoms with Gasteiger partial charge in [-0.2, -0.15) is 16.1 Å². The lowest BCUT2D eigenvalue weighted by molar-refractivity contribution is 0.296. The van der Waals surface area contributed by atoms with Gasteiger partial charge in [0, 0.05) is 42.1 Å². The average Bonchev–Trinajstić information content (AvgIpc) is 3.10. The molecule has 0 spiro atoms. The average molecular weight is 442 g/mol. The molecule has 0 aliphatic carbocycles. The van der Waals surface area contributed by atoms with E-state index in [1.54, 1.807) is 6.07 Å². The highest BCUT2D eigenvalue weighted by molar-refractivity contribution is 7.99. The molecule has 4 rings (SSSR count). The Hall–Kier alpha value is -1.84. The summed E-state index contributed by atoms with van der Waals surface area (Å²) in [5.74, 6) is 0.484. The van der Waals surface area contributed by atoms with Crippen molar-refractivity contribution in [1.82, 2.24) is 4.31 Å². The van der Waals surface area contributed by atoms with Crippen molar-refractivity contribution in [3.05, 3.63) is 53.6 Å². The third-order valence-corrected chi connectivity index (χ3v) is 8.17. The molecule has 1 atom stereocenters. The zero-order chi connectivity index (χ0) is 20.4. The minimum atomic E-state index is -3.74. The van der Waals surface area contributed by atoms with Crippen LogP contribution in [0, 0.1) is 11.6 Å². The number of sulfonamides is 1. The number of hydrogen-bond donors (Lipinski definition) is 0. The third kappa shape index (κ3) is 4.36. The van der Waals surface area contributed by atoms with E-state index in [0.717, 1.165) is 18.6 Å². The van der Waals surface area contributed by atoms with Gasteiger partial charge in [0.1, 0.15) is 11.6 Å². The first-order valence-electron chi connectivity index (χ1n) is 9.41. The number of rotatable bonds is 3. The number of halogens is 2. The minimum absolute atomic E-state index is 0.141. The molecule has 2 aliphatic heterocycles. The molecular weight excluding hydrogens is 420 g/mol. The van der Waals surface area contributed by atoms with E-state index in [1.807, 2.05) is 0 Å². The Morgan fingerprint density at radius 1 is 1.00 bits per heavy atom. The summed E-state index contributed by atoms with van der Waals surface area (Å²) in [5.41, 5.74) is 0.282. The van der Waals surface area contributed by atoms with Gasteiger partial charge in [-0.25, -0.2) is 17.2 Å². The summed E-state index contributed by atoms with van der Waals surface area (Å²) in [6, 6.07) is 8.03. The van der Waals surface area contributed by atoms with Gasteiger partial charge in [-0.1, -0.05) is 0 Å². The van der Waals surface area contributed by atoms with Crippen molar-refractivity contribution < 1.29 is 26.7 Å². The van der Waals surface area contributed by atoms with Crippen LogP contribution in [0.1, 0.15) is 23.7 Å². The molecule has 29 heavy (non-hydrogen) atoms. The van der Waals surface area contributed by atoms with Gasteiger partial charge in [0.15, 0.2) is 11.5 Å². The Morgan fingerprint density at radius 3 is 2.62 bits per heavy atom. The lowest BCUT2D eigenvalue weighted by atomic mass is 10.1. The first kappa shape index (κ1) is 20.4. The second-order valence-electron chi connectivity index (χ2n) is 6.88. The zero-order valence-electron chi connectivity index (χ0n) is 15.6. The number of hydrogen-bond acceptors (Lipinski definition) is 5. The molecule has 0 bridgehead atoms. The van der Waals surface area contributed by atoms with Gasteiger partial charge in [-0.3, -0.25) is 0 Å². The molecule has 0 unspecified atom stereocenters. The van der Waals surface area contributed by atoms with Crippen molar-refractivity contribution in [1.29, 1.82) is 0 Å². The Morgan fingerprint density at radius 2 is 1.79 bits per heavy atom. The van der Waals surface area contributed by atoms with Crippen LogP contribution >= 0.6 is 11.8 Å². The van der Waals surface area contributed by atoms with Crippen LogP contribution < -0.4 is 9.47 Å². The van der Waals surface area contributed by atoms with E-state index in [1.165, 1.54) is 34.3 Å². The second kappa shape index (κ2) is 8.49. The molecule has 9 heteroatoms. The van der Waals surface area contributed by atoms with Gasteiger partial charge in [0.05, 0.1) is 18.1 Å². The third-order valence-electron chi connectivity index (χ3n) is 4.96. The number of benzene rings is 2. The van der Waals surface area contributed by atoms with Crippen molar-refractivity contribution >= 4 is 21.8 Å². The van der Waals surface area contributed by atoms with Gasteiger partial charge < -0.3 is 9.47 Å². The van der Waals surface area contributed by atoms with Crippen LogP contribution in [0.25, 0.3) is 0 Å². The molecule has 156 valence electrons. The summed E-state index contributed by atoms with van der Waals surface area (Å²) >= 11 is 1.44. The summed E-state index contributed by atoms with van der Waals surface area (Å²) in [6.45, 7) is 1.53. The van der Waals surface area contributed by atoms with Crippen molar-refractivity contribution in [3.63, 3.8) is 0 Å². The molecule has 2 aromatic rings. The van der Waals surface area contributed by atoms with E-state index in [2.05, 4.69) is 0 Å². The normalized spacial score (nSPS) is 20.7. The highest BCUT2D eigenvalue weighted by atomic mass is 32.2. The predicted molar refractivity (Wildman–Crippen MR) is 107 cm³/mol. The van der Waals surface area contributed by atoms with Crippen molar-refractivity contribution in [2.24, 2.45) is 0 Å². The Bertz CT molecular complexity index is 1000. The number of ether oxygens (including phenoxy) is 2. The lowest BCUT2D eigenvalue weighted by Crippen LogP contribution is -2.33. The summed E-state index contributed by atoms with van der Waals surface area (Å²) in [6.07, 6.45) is 1.13. The summed E-state index contributed by atoms with van der Waals surface area (Å²) in [4.78, 5) is 0.141. The van der Waals surface area contributed by atoms with E-state index >= 15 is 0 Å². The molecule has 0 saturated carbocycles. The lowest BCUT2D eigenvalue weighted by Gasteiger charge is -2.21. The van der Waals surface area contributed by atoms with Crippen LogP contribution in [0.5, 0.6) is 11.5 Å². The van der Waals surface area contributed by atoms with Crippen LogP contribution in [0.2, 0.25) is 0 Å². The molecule has 0 N–H and O–H groups in total. The fourth-order valence-corrected chi connectivity index (χ4v) is 6.28. The van der Waals surface area contributed by atoms with Gasteiger partial charge in [-0.05, 0) is 36.8 Å². The molecule has 2 aromatic carbocycles. The fraction of sp³-hybridized carbons (Fsp3) is 0.400. The first-order chi connectivity index (χ1) is 13.9. The van der Waals surface area contributed by atoms with Crippen molar-refractivity contribution in [3.8, 4) is 11.5 Å². The molecule has 0 amide bonds. The summed E-state index contributed by atoms with van der Waals surface area (Å²) < 4.78 is 66.6. The minimum Gasteiger partial charge on any atom is -0.490 e. The number of thioether (sulfide) groups is 1. The van der Waals surface area contributed by atoms with Crippen LogP contribution in [0.3, 0.4) is 0 Å². The largest absolute Gasteiger partial charge is 0.490 e. The van der Waals surface area contributed by atoms with Crippen molar-refractivity contribution in [2.75, 3.05) is 32.1 Å². The van der Waals surface area contributed by atoms with E-state index in [0.29, 0.717) is 43.4 Å². The molecule has 0 aromatic heterocycles. The van der Waals surface area contributed by atoms with Gasteiger partial charge in [0.25, 0.3) is 0 Å². The smallest absolute Gasteiger partial charge is 0.243 e. The maximum Gasteiger partial charge on any atom is 0.243 e. The Balaban J connectivity index is 1.54. The van der Waals surface area contributed by atoms with Gasteiger partial charge in [-0.15, -0.1) is 0 Å².